The van der Waals surface area contributed by atoms with Crippen molar-refractivity contribution in [2.75, 3.05) is 18.0 Å². The molecule has 0 aromatic heterocycles. The lowest BCUT2D eigenvalue weighted by molar-refractivity contribution is -0.0612. The van der Waals surface area contributed by atoms with Gasteiger partial charge in [0.05, 0.1) is 17.2 Å². The van der Waals surface area contributed by atoms with Gasteiger partial charge in [-0.25, -0.2) is 4.39 Å². The number of rotatable bonds is 1. The molecule has 1 heterocycles. The third-order valence-corrected chi connectivity index (χ3v) is 4.80. The topological polar surface area (TPSA) is 47.3 Å². The van der Waals surface area contributed by atoms with E-state index in [-0.39, 0.29) is 11.7 Å². The van der Waals surface area contributed by atoms with E-state index in [0.717, 1.165) is 50.9 Å². The molecule has 0 bridgehead atoms. The van der Waals surface area contributed by atoms with Gasteiger partial charge in [-0.2, -0.15) is 5.26 Å². The molecule has 1 saturated heterocycles. The zero-order chi connectivity index (χ0) is 14.2. The van der Waals surface area contributed by atoms with Gasteiger partial charge in [0.1, 0.15) is 5.82 Å². The second-order valence-corrected chi connectivity index (χ2v) is 6.05. The molecule has 20 heavy (non-hydrogen) atoms. The molecule has 1 saturated carbocycles. The summed E-state index contributed by atoms with van der Waals surface area (Å²) in [6.45, 7) is 1.48. The first-order valence-electron chi connectivity index (χ1n) is 7.29. The van der Waals surface area contributed by atoms with Crippen LogP contribution < -0.4 is 4.90 Å². The maximum atomic E-state index is 13.6. The Kier molecular flexibility index (Phi) is 3.39. The third-order valence-electron chi connectivity index (χ3n) is 4.80. The highest BCUT2D eigenvalue weighted by Gasteiger charge is 2.42. The Balaban J connectivity index is 1.83. The summed E-state index contributed by atoms with van der Waals surface area (Å²) in [7, 11) is 0. The van der Waals surface area contributed by atoms with Crippen molar-refractivity contribution in [3.8, 4) is 6.07 Å². The van der Waals surface area contributed by atoms with Gasteiger partial charge in [0.2, 0.25) is 0 Å². The van der Waals surface area contributed by atoms with Gasteiger partial charge >= 0.3 is 0 Å². The second kappa shape index (κ2) is 5.06. The maximum absolute atomic E-state index is 13.6. The molecule has 2 atom stereocenters. The van der Waals surface area contributed by atoms with Gasteiger partial charge in [-0.3, -0.25) is 0 Å². The summed E-state index contributed by atoms with van der Waals surface area (Å²) in [4.78, 5) is 2.11. The van der Waals surface area contributed by atoms with Crippen LogP contribution in [0.4, 0.5) is 10.1 Å². The van der Waals surface area contributed by atoms with Gasteiger partial charge in [-0.05, 0) is 37.5 Å². The van der Waals surface area contributed by atoms with Crippen LogP contribution in [0.2, 0.25) is 0 Å². The Hall–Kier alpha value is -1.60. The van der Waals surface area contributed by atoms with Crippen LogP contribution in [-0.2, 0) is 0 Å². The van der Waals surface area contributed by atoms with Crippen molar-refractivity contribution in [1.82, 2.24) is 0 Å². The van der Waals surface area contributed by atoms with E-state index in [4.69, 9.17) is 5.26 Å². The molecular formula is C16H19FN2O. The molecule has 3 rings (SSSR count). The minimum atomic E-state index is -0.528. The van der Waals surface area contributed by atoms with E-state index in [1.807, 2.05) is 6.07 Å². The van der Waals surface area contributed by atoms with E-state index in [9.17, 15) is 9.50 Å². The van der Waals surface area contributed by atoms with E-state index in [2.05, 4.69) is 4.90 Å². The predicted molar refractivity (Wildman–Crippen MR) is 74.9 cm³/mol. The van der Waals surface area contributed by atoms with Gasteiger partial charge < -0.3 is 10.0 Å². The Bertz CT molecular complexity index is 554. The van der Waals surface area contributed by atoms with E-state index in [1.54, 1.807) is 6.07 Å². The molecule has 1 aromatic carbocycles. The highest BCUT2D eigenvalue weighted by molar-refractivity contribution is 5.52. The van der Waals surface area contributed by atoms with Crippen molar-refractivity contribution < 1.29 is 9.50 Å². The normalized spacial score (nSPS) is 29.6. The van der Waals surface area contributed by atoms with Crippen molar-refractivity contribution in [1.29, 1.82) is 5.26 Å². The van der Waals surface area contributed by atoms with E-state index in [1.165, 1.54) is 12.1 Å². The lowest BCUT2D eigenvalue weighted by atomic mass is 9.71. The van der Waals surface area contributed by atoms with Gasteiger partial charge in [-0.1, -0.05) is 12.8 Å². The monoisotopic (exact) mass is 274 g/mol. The largest absolute Gasteiger partial charge is 0.389 e. The zero-order valence-electron chi connectivity index (χ0n) is 11.5. The second-order valence-electron chi connectivity index (χ2n) is 6.05. The smallest absolute Gasteiger partial charge is 0.126 e. The fourth-order valence-electron chi connectivity index (χ4n) is 3.63. The van der Waals surface area contributed by atoms with E-state index >= 15 is 0 Å². The molecule has 2 unspecified atom stereocenters. The van der Waals surface area contributed by atoms with Crippen LogP contribution in [0.15, 0.2) is 18.2 Å². The Morgan fingerprint density at radius 1 is 1.30 bits per heavy atom. The first-order valence-corrected chi connectivity index (χ1v) is 7.29. The summed E-state index contributed by atoms with van der Waals surface area (Å²) >= 11 is 0. The number of nitrogens with zero attached hydrogens (tertiary/aromatic N) is 2. The Morgan fingerprint density at radius 3 is 2.95 bits per heavy atom. The first kappa shape index (κ1) is 13.4. The van der Waals surface area contributed by atoms with Crippen molar-refractivity contribution in [2.24, 2.45) is 5.92 Å². The number of fused-ring (bicyclic) bond motifs is 1. The van der Waals surface area contributed by atoms with Crippen LogP contribution >= 0.6 is 0 Å². The van der Waals surface area contributed by atoms with Crippen molar-refractivity contribution >= 4 is 5.69 Å². The highest BCUT2D eigenvalue weighted by Crippen LogP contribution is 2.40. The standard InChI is InChI=1S/C16H19FN2O/c17-14-7-12(10-18)8-15(9-14)19-6-5-16(20)4-2-1-3-13(16)11-19/h7-9,13,20H,1-6,11H2. The molecule has 106 valence electrons. The first-order chi connectivity index (χ1) is 9.60. The van der Waals surface area contributed by atoms with Crippen molar-refractivity contribution in [3.05, 3.63) is 29.6 Å². The molecule has 1 aliphatic heterocycles. The number of benzene rings is 1. The number of aliphatic hydroxyl groups is 1. The van der Waals surface area contributed by atoms with Gasteiger partial charge in [-0.15, -0.1) is 0 Å². The molecule has 0 amide bonds. The third kappa shape index (κ3) is 2.38. The summed E-state index contributed by atoms with van der Waals surface area (Å²) < 4.78 is 13.6. The Morgan fingerprint density at radius 2 is 2.15 bits per heavy atom. The van der Waals surface area contributed by atoms with Crippen molar-refractivity contribution in [3.63, 3.8) is 0 Å². The average molecular weight is 274 g/mol. The highest BCUT2D eigenvalue weighted by atomic mass is 19.1. The van der Waals surface area contributed by atoms with Gasteiger partial charge in [0.15, 0.2) is 0 Å². The van der Waals surface area contributed by atoms with E-state index in [0.29, 0.717) is 5.56 Å². The SMILES string of the molecule is N#Cc1cc(F)cc(N2CCC3(O)CCCCC3C2)c1. The quantitative estimate of drug-likeness (QED) is 0.856. The summed E-state index contributed by atoms with van der Waals surface area (Å²) in [5.74, 6) is -0.109. The molecule has 1 aromatic rings. The summed E-state index contributed by atoms with van der Waals surface area (Å²) in [6.07, 6.45) is 4.92. The molecular weight excluding hydrogens is 255 g/mol. The summed E-state index contributed by atoms with van der Waals surface area (Å²) in [6, 6.07) is 6.46. The van der Waals surface area contributed by atoms with Gasteiger partial charge in [0, 0.05) is 24.7 Å². The number of hydrogen-bond acceptors (Lipinski definition) is 3. The maximum Gasteiger partial charge on any atom is 0.126 e. The Labute approximate surface area is 118 Å². The van der Waals surface area contributed by atoms with E-state index < -0.39 is 5.60 Å². The van der Waals surface area contributed by atoms with Crippen LogP contribution in [0.25, 0.3) is 0 Å². The van der Waals surface area contributed by atoms with Crippen molar-refractivity contribution in [2.45, 2.75) is 37.7 Å². The van der Waals surface area contributed by atoms with Crippen LogP contribution in [0.1, 0.15) is 37.7 Å². The lowest BCUT2D eigenvalue weighted by Crippen LogP contribution is -2.53. The fourth-order valence-corrected chi connectivity index (χ4v) is 3.63. The molecule has 1 aliphatic carbocycles. The minimum Gasteiger partial charge on any atom is -0.389 e. The summed E-state index contributed by atoms with van der Waals surface area (Å²) in [5.41, 5.74) is 0.582. The van der Waals surface area contributed by atoms with Crippen LogP contribution in [-0.4, -0.2) is 23.8 Å². The lowest BCUT2D eigenvalue weighted by Gasteiger charge is -2.48. The van der Waals surface area contributed by atoms with Gasteiger partial charge in [0.25, 0.3) is 0 Å². The minimum absolute atomic E-state index is 0.263. The molecule has 0 radical (unpaired) electrons. The number of hydrogen-bond donors (Lipinski definition) is 1. The number of piperidine rings is 1. The molecule has 4 heteroatoms. The molecule has 3 nitrogen and oxygen atoms in total. The molecule has 2 aliphatic rings. The van der Waals surface area contributed by atoms with Crippen LogP contribution in [0.3, 0.4) is 0 Å². The average Bonchev–Trinajstić information content (AvgIpc) is 2.45. The fraction of sp³-hybridized carbons (Fsp3) is 0.562. The molecule has 2 fully saturated rings. The molecule has 0 spiro atoms. The number of nitriles is 1. The number of anilines is 1. The van der Waals surface area contributed by atoms with Crippen LogP contribution in [0, 0.1) is 23.1 Å². The predicted octanol–water partition coefficient (Wildman–Crippen LogP) is 2.83. The number of halogens is 1. The zero-order valence-corrected chi connectivity index (χ0v) is 11.5. The summed E-state index contributed by atoms with van der Waals surface area (Å²) in [5, 5.41) is 19.6. The molecule has 1 N–H and O–H groups in total. The van der Waals surface area contributed by atoms with Crippen LogP contribution in [0.5, 0.6) is 0 Å².